The molecule has 0 aromatic carbocycles. The molecule has 0 radical (unpaired) electrons. The minimum Gasteiger partial charge on any atom is -0.387 e. The van der Waals surface area contributed by atoms with Crippen LogP contribution in [0.4, 0.5) is 11.4 Å². The van der Waals surface area contributed by atoms with Gasteiger partial charge >= 0.3 is 0 Å². The number of nitrogens with zero attached hydrogens (tertiary/aromatic N) is 1. The average Bonchev–Trinajstić information content (AvgIpc) is 2.26. The highest BCUT2D eigenvalue weighted by atomic mass is 14.9. The number of pyridine rings is 1. The second kappa shape index (κ2) is 5.47. The molecule has 1 rings (SSSR count). The minimum atomic E-state index is 0.545. The van der Waals surface area contributed by atoms with Crippen molar-refractivity contribution < 1.29 is 0 Å². The first-order valence-electron chi connectivity index (χ1n) is 5.19. The SMILES string of the molecule is CCC(CC)Nc1cncc(NC)c1. The number of rotatable bonds is 5. The summed E-state index contributed by atoms with van der Waals surface area (Å²) < 4.78 is 0. The van der Waals surface area contributed by atoms with Gasteiger partial charge in [-0.1, -0.05) is 13.8 Å². The summed E-state index contributed by atoms with van der Waals surface area (Å²) in [6.07, 6.45) is 5.96. The quantitative estimate of drug-likeness (QED) is 0.755. The molecule has 1 heterocycles. The van der Waals surface area contributed by atoms with E-state index in [-0.39, 0.29) is 0 Å². The highest BCUT2D eigenvalue weighted by Crippen LogP contribution is 2.14. The van der Waals surface area contributed by atoms with E-state index in [4.69, 9.17) is 0 Å². The van der Waals surface area contributed by atoms with Crippen LogP contribution < -0.4 is 10.6 Å². The van der Waals surface area contributed by atoms with Crippen LogP contribution >= 0.6 is 0 Å². The second-order valence-electron chi connectivity index (χ2n) is 3.37. The predicted molar refractivity (Wildman–Crippen MR) is 61.8 cm³/mol. The summed E-state index contributed by atoms with van der Waals surface area (Å²) in [7, 11) is 1.90. The zero-order valence-electron chi connectivity index (χ0n) is 9.17. The fourth-order valence-electron chi connectivity index (χ4n) is 1.38. The average molecular weight is 193 g/mol. The molecule has 3 nitrogen and oxygen atoms in total. The van der Waals surface area contributed by atoms with Crippen molar-refractivity contribution in [3.8, 4) is 0 Å². The van der Waals surface area contributed by atoms with Gasteiger partial charge in [-0.15, -0.1) is 0 Å². The molecule has 3 heteroatoms. The Hall–Kier alpha value is -1.25. The van der Waals surface area contributed by atoms with Crippen LogP contribution in [0.15, 0.2) is 18.5 Å². The molecule has 2 N–H and O–H groups in total. The van der Waals surface area contributed by atoms with E-state index in [1.807, 2.05) is 19.4 Å². The zero-order chi connectivity index (χ0) is 10.4. The number of anilines is 2. The van der Waals surface area contributed by atoms with Crippen LogP contribution in [0.5, 0.6) is 0 Å². The predicted octanol–water partition coefficient (Wildman–Crippen LogP) is 2.72. The van der Waals surface area contributed by atoms with Gasteiger partial charge in [0.15, 0.2) is 0 Å². The molecule has 0 spiro atoms. The van der Waals surface area contributed by atoms with E-state index in [0.29, 0.717) is 6.04 Å². The largest absolute Gasteiger partial charge is 0.387 e. The van der Waals surface area contributed by atoms with Gasteiger partial charge in [0, 0.05) is 13.1 Å². The summed E-state index contributed by atoms with van der Waals surface area (Å²) in [6, 6.07) is 2.62. The first-order valence-corrected chi connectivity index (χ1v) is 5.19. The molecule has 78 valence electrons. The van der Waals surface area contributed by atoms with Crippen LogP contribution in [0.25, 0.3) is 0 Å². The molecule has 0 aliphatic carbocycles. The Morgan fingerprint density at radius 1 is 1.21 bits per heavy atom. The molecule has 0 saturated heterocycles. The molecule has 0 bridgehead atoms. The Bertz CT molecular complexity index is 269. The van der Waals surface area contributed by atoms with Crippen molar-refractivity contribution >= 4 is 11.4 Å². The van der Waals surface area contributed by atoms with Gasteiger partial charge in [0.1, 0.15) is 0 Å². The van der Waals surface area contributed by atoms with Gasteiger partial charge < -0.3 is 10.6 Å². The Morgan fingerprint density at radius 2 is 1.86 bits per heavy atom. The van der Waals surface area contributed by atoms with Crippen LogP contribution in [0.1, 0.15) is 26.7 Å². The third-order valence-electron chi connectivity index (χ3n) is 2.38. The van der Waals surface area contributed by atoms with Crippen molar-refractivity contribution in [1.82, 2.24) is 4.98 Å². The third kappa shape index (κ3) is 2.91. The molecule has 0 aliphatic rings. The molecule has 0 saturated carbocycles. The smallest absolute Gasteiger partial charge is 0.0549 e. The second-order valence-corrected chi connectivity index (χ2v) is 3.37. The first-order chi connectivity index (χ1) is 6.80. The molecule has 1 aromatic rings. The van der Waals surface area contributed by atoms with Crippen molar-refractivity contribution in [3.05, 3.63) is 18.5 Å². The molecule has 0 atom stereocenters. The van der Waals surface area contributed by atoms with E-state index < -0.39 is 0 Å². The number of nitrogens with one attached hydrogen (secondary N) is 2. The van der Waals surface area contributed by atoms with Crippen molar-refractivity contribution in [2.45, 2.75) is 32.7 Å². The molecular weight excluding hydrogens is 174 g/mol. The number of hydrogen-bond acceptors (Lipinski definition) is 3. The Morgan fingerprint density at radius 3 is 2.43 bits per heavy atom. The summed E-state index contributed by atoms with van der Waals surface area (Å²) in [5, 5.41) is 6.52. The van der Waals surface area contributed by atoms with Crippen LogP contribution in [0.3, 0.4) is 0 Å². The van der Waals surface area contributed by atoms with Crippen LogP contribution in [-0.2, 0) is 0 Å². The molecule has 14 heavy (non-hydrogen) atoms. The van der Waals surface area contributed by atoms with Gasteiger partial charge in [-0.05, 0) is 18.9 Å². The van der Waals surface area contributed by atoms with Crippen molar-refractivity contribution in [3.63, 3.8) is 0 Å². The lowest BCUT2D eigenvalue weighted by molar-refractivity contribution is 0.671. The Labute approximate surface area is 85.9 Å². The van der Waals surface area contributed by atoms with Gasteiger partial charge in [0.05, 0.1) is 23.8 Å². The Kier molecular flexibility index (Phi) is 4.23. The summed E-state index contributed by atoms with van der Waals surface area (Å²) in [6.45, 7) is 4.38. The summed E-state index contributed by atoms with van der Waals surface area (Å²) in [4.78, 5) is 4.15. The number of hydrogen-bond donors (Lipinski definition) is 2. The maximum Gasteiger partial charge on any atom is 0.0549 e. The van der Waals surface area contributed by atoms with Crippen LogP contribution in [0, 0.1) is 0 Å². The fourth-order valence-corrected chi connectivity index (χ4v) is 1.38. The van der Waals surface area contributed by atoms with Crippen molar-refractivity contribution in [2.24, 2.45) is 0 Å². The van der Waals surface area contributed by atoms with Gasteiger partial charge in [0.25, 0.3) is 0 Å². The topological polar surface area (TPSA) is 37.0 Å². The first kappa shape index (κ1) is 10.8. The third-order valence-corrected chi connectivity index (χ3v) is 2.38. The molecule has 0 amide bonds. The van der Waals surface area contributed by atoms with E-state index in [9.17, 15) is 0 Å². The summed E-state index contributed by atoms with van der Waals surface area (Å²) in [5.41, 5.74) is 2.13. The lowest BCUT2D eigenvalue weighted by atomic mass is 10.1. The van der Waals surface area contributed by atoms with Gasteiger partial charge in [-0.3, -0.25) is 4.98 Å². The van der Waals surface area contributed by atoms with E-state index in [1.54, 1.807) is 0 Å². The maximum absolute atomic E-state index is 4.15. The summed E-state index contributed by atoms with van der Waals surface area (Å²) in [5.74, 6) is 0. The van der Waals surface area contributed by atoms with Gasteiger partial charge in [0.2, 0.25) is 0 Å². The van der Waals surface area contributed by atoms with E-state index in [2.05, 4.69) is 35.5 Å². The van der Waals surface area contributed by atoms with Gasteiger partial charge in [-0.25, -0.2) is 0 Å². The monoisotopic (exact) mass is 193 g/mol. The number of aromatic nitrogens is 1. The molecule has 0 unspecified atom stereocenters. The molecule has 0 aliphatic heterocycles. The summed E-state index contributed by atoms with van der Waals surface area (Å²) >= 11 is 0. The zero-order valence-corrected chi connectivity index (χ0v) is 9.17. The Balaban J connectivity index is 2.65. The highest BCUT2D eigenvalue weighted by molar-refractivity contribution is 5.53. The van der Waals surface area contributed by atoms with Crippen LogP contribution in [0.2, 0.25) is 0 Å². The molecule has 0 fully saturated rings. The standard InChI is InChI=1S/C11H19N3/c1-4-9(5-2)14-11-6-10(12-3)7-13-8-11/h6-9,12,14H,4-5H2,1-3H3. The maximum atomic E-state index is 4.15. The lowest BCUT2D eigenvalue weighted by Crippen LogP contribution is -2.17. The fraction of sp³-hybridized carbons (Fsp3) is 0.545. The van der Waals surface area contributed by atoms with Crippen LogP contribution in [-0.4, -0.2) is 18.1 Å². The lowest BCUT2D eigenvalue weighted by Gasteiger charge is -2.16. The van der Waals surface area contributed by atoms with Crippen molar-refractivity contribution in [2.75, 3.05) is 17.7 Å². The van der Waals surface area contributed by atoms with E-state index >= 15 is 0 Å². The normalized spacial score (nSPS) is 10.3. The van der Waals surface area contributed by atoms with E-state index in [0.717, 1.165) is 24.2 Å². The minimum absolute atomic E-state index is 0.545. The van der Waals surface area contributed by atoms with Crippen molar-refractivity contribution in [1.29, 1.82) is 0 Å². The highest BCUT2D eigenvalue weighted by Gasteiger charge is 2.02. The van der Waals surface area contributed by atoms with E-state index in [1.165, 1.54) is 0 Å². The molecular formula is C11H19N3. The molecule has 1 aromatic heterocycles. The van der Waals surface area contributed by atoms with Gasteiger partial charge in [-0.2, -0.15) is 0 Å².